The number of hydrogen-bond acceptors (Lipinski definition) is 4. The lowest BCUT2D eigenvalue weighted by Gasteiger charge is -2.10. The third-order valence-corrected chi connectivity index (χ3v) is 2.81. The average Bonchev–Trinajstić information content (AvgIpc) is 2.40. The van der Waals surface area contributed by atoms with Crippen LogP contribution in [0.1, 0.15) is 37.4 Å². The van der Waals surface area contributed by atoms with Crippen molar-refractivity contribution < 1.29 is 9.53 Å². The molecule has 102 valence electrons. The van der Waals surface area contributed by atoms with E-state index in [1.807, 2.05) is 6.07 Å². The summed E-state index contributed by atoms with van der Waals surface area (Å²) in [4.78, 5) is 23.5. The molecular weight excluding hydrogens is 244 g/mol. The van der Waals surface area contributed by atoms with Crippen LogP contribution in [0.3, 0.4) is 0 Å². The minimum atomic E-state index is -0.451. The molecule has 0 saturated carbocycles. The van der Waals surface area contributed by atoms with E-state index in [-0.39, 0.29) is 12.1 Å². The predicted molar refractivity (Wildman–Crippen MR) is 70.6 cm³/mol. The summed E-state index contributed by atoms with van der Waals surface area (Å²) in [5.41, 5.74) is 0.215. The molecule has 19 heavy (non-hydrogen) atoms. The maximum absolute atomic E-state index is 11.9. The number of aryl methyl sites for hydroxylation is 1. The number of aromatic nitrogens is 1. The molecule has 0 radical (unpaired) electrons. The van der Waals surface area contributed by atoms with Crippen LogP contribution >= 0.6 is 0 Å². The van der Waals surface area contributed by atoms with Crippen molar-refractivity contribution in [2.45, 2.75) is 39.7 Å². The molecule has 0 unspecified atom stereocenters. The van der Waals surface area contributed by atoms with Crippen molar-refractivity contribution in [2.24, 2.45) is 0 Å². The highest BCUT2D eigenvalue weighted by molar-refractivity contribution is 5.69. The SMILES string of the molecule is CCCCCOC(=O)Cn1c(C)ccc(C#N)c1=O. The largest absolute Gasteiger partial charge is 0.464 e. The Hall–Kier alpha value is -2.09. The Morgan fingerprint density at radius 3 is 2.79 bits per heavy atom. The number of ether oxygens (including phenoxy) is 1. The van der Waals surface area contributed by atoms with Crippen molar-refractivity contribution in [2.75, 3.05) is 6.61 Å². The van der Waals surface area contributed by atoms with Gasteiger partial charge < -0.3 is 9.30 Å². The topological polar surface area (TPSA) is 72.1 Å². The average molecular weight is 262 g/mol. The molecule has 0 N–H and O–H groups in total. The summed E-state index contributed by atoms with van der Waals surface area (Å²) in [6.07, 6.45) is 2.89. The number of carbonyl (C=O) groups is 1. The fraction of sp³-hybridized carbons (Fsp3) is 0.500. The van der Waals surface area contributed by atoms with Crippen LogP contribution < -0.4 is 5.56 Å². The first-order valence-electron chi connectivity index (χ1n) is 6.36. The molecule has 0 atom stereocenters. The van der Waals surface area contributed by atoms with E-state index in [0.717, 1.165) is 19.3 Å². The first kappa shape index (κ1) is 15.0. The van der Waals surface area contributed by atoms with Crippen molar-refractivity contribution in [3.8, 4) is 6.07 Å². The van der Waals surface area contributed by atoms with Crippen molar-refractivity contribution in [1.82, 2.24) is 4.57 Å². The number of hydrogen-bond donors (Lipinski definition) is 0. The second-order valence-electron chi connectivity index (χ2n) is 4.32. The zero-order chi connectivity index (χ0) is 14.3. The van der Waals surface area contributed by atoms with Crippen LogP contribution in [0, 0.1) is 18.3 Å². The molecule has 1 aromatic heterocycles. The Bertz CT molecular complexity index is 541. The summed E-state index contributed by atoms with van der Waals surface area (Å²) in [5.74, 6) is -0.448. The molecule has 1 heterocycles. The van der Waals surface area contributed by atoms with E-state index < -0.39 is 11.5 Å². The van der Waals surface area contributed by atoms with Crippen molar-refractivity contribution in [1.29, 1.82) is 5.26 Å². The Morgan fingerprint density at radius 2 is 2.16 bits per heavy atom. The van der Waals surface area contributed by atoms with Gasteiger partial charge in [-0.3, -0.25) is 9.59 Å². The molecule has 0 spiro atoms. The number of pyridine rings is 1. The Kier molecular flexibility index (Phi) is 5.80. The standard InChI is InChI=1S/C14H18N2O3/c1-3-4-5-8-19-13(17)10-16-11(2)6-7-12(9-15)14(16)18/h6-7H,3-5,8,10H2,1-2H3. The van der Waals surface area contributed by atoms with Crippen molar-refractivity contribution in [3.05, 3.63) is 33.7 Å². The second kappa shape index (κ2) is 7.37. The highest BCUT2D eigenvalue weighted by Gasteiger charge is 2.10. The quantitative estimate of drug-likeness (QED) is 0.578. The van der Waals surface area contributed by atoms with Gasteiger partial charge in [0.1, 0.15) is 18.2 Å². The van der Waals surface area contributed by atoms with Gasteiger partial charge in [-0.1, -0.05) is 19.8 Å². The van der Waals surface area contributed by atoms with E-state index in [1.165, 1.54) is 10.6 Å². The highest BCUT2D eigenvalue weighted by atomic mass is 16.5. The molecule has 0 fully saturated rings. The number of esters is 1. The lowest BCUT2D eigenvalue weighted by Crippen LogP contribution is -2.28. The Balaban J connectivity index is 2.70. The maximum Gasteiger partial charge on any atom is 0.326 e. The summed E-state index contributed by atoms with van der Waals surface area (Å²) in [6.45, 7) is 4.01. The van der Waals surface area contributed by atoms with E-state index in [1.54, 1.807) is 13.0 Å². The molecule has 5 nitrogen and oxygen atoms in total. The third kappa shape index (κ3) is 4.25. The molecule has 5 heteroatoms. The highest BCUT2D eigenvalue weighted by Crippen LogP contribution is 2.00. The number of rotatable bonds is 6. The van der Waals surface area contributed by atoms with Crippen LogP contribution in [0.15, 0.2) is 16.9 Å². The third-order valence-electron chi connectivity index (χ3n) is 2.81. The molecular formula is C14H18N2O3. The van der Waals surface area contributed by atoms with Gasteiger partial charge in [0.05, 0.1) is 6.61 Å². The minimum Gasteiger partial charge on any atom is -0.464 e. The van der Waals surface area contributed by atoms with E-state index in [2.05, 4.69) is 6.92 Å². The smallest absolute Gasteiger partial charge is 0.326 e. The first-order valence-corrected chi connectivity index (χ1v) is 6.36. The van der Waals surface area contributed by atoms with E-state index in [4.69, 9.17) is 10.00 Å². The van der Waals surface area contributed by atoms with Crippen LogP contribution in [-0.4, -0.2) is 17.1 Å². The molecule has 0 aliphatic carbocycles. The summed E-state index contributed by atoms with van der Waals surface area (Å²) >= 11 is 0. The van der Waals surface area contributed by atoms with Gasteiger partial charge in [0.15, 0.2) is 0 Å². The van der Waals surface area contributed by atoms with Crippen LogP contribution in [0.25, 0.3) is 0 Å². The van der Waals surface area contributed by atoms with Crippen molar-refractivity contribution >= 4 is 5.97 Å². The number of nitrogens with zero attached hydrogens (tertiary/aromatic N) is 2. The van der Waals surface area contributed by atoms with Crippen LogP contribution in [0.5, 0.6) is 0 Å². The van der Waals surface area contributed by atoms with E-state index in [9.17, 15) is 9.59 Å². The molecule has 0 aromatic carbocycles. The van der Waals surface area contributed by atoms with Crippen LogP contribution in [0.4, 0.5) is 0 Å². The van der Waals surface area contributed by atoms with Gasteiger partial charge in [0.25, 0.3) is 5.56 Å². The van der Waals surface area contributed by atoms with Gasteiger partial charge in [0, 0.05) is 5.69 Å². The minimum absolute atomic E-state index is 0.0318. The first-order chi connectivity index (χ1) is 9.10. The molecule has 1 aromatic rings. The number of nitriles is 1. The molecule has 1 rings (SSSR count). The normalized spacial score (nSPS) is 9.95. The fourth-order valence-electron chi connectivity index (χ4n) is 1.67. The Morgan fingerprint density at radius 1 is 1.42 bits per heavy atom. The van der Waals surface area contributed by atoms with Gasteiger partial charge in [0.2, 0.25) is 0 Å². The lowest BCUT2D eigenvalue weighted by molar-refractivity contribution is -0.144. The molecule has 0 amide bonds. The predicted octanol–water partition coefficient (Wildman–Crippen LogP) is 1.76. The molecule has 0 aliphatic rings. The van der Waals surface area contributed by atoms with Crippen molar-refractivity contribution in [3.63, 3.8) is 0 Å². The molecule has 0 aliphatic heterocycles. The fourth-order valence-corrected chi connectivity index (χ4v) is 1.67. The van der Waals surface area contributed by atoms with Gasteiger partial charge in [-0.05, 0) is 25.5 Å². The van der Waals surface area contributed by atoms with E-state index in [0.29, 0.717) is 12.3 Å². The second-order valence-corrected chi connectivity index (χ2v) is 4.32. The van der Waals surface area contributed by atoms with Gasteiger partial charge in [-0.15, -0.1) is 0 Å². The summed E-state index contributed by atoms with van der Waals surface area (Å²) < 4.78 is 6.31. The summed E-state index contributed by atoms with van der Waals surface area (Å²) in [6, 6.07) is 4.91. The summed E-state index contributed by atoms with van der Waals surface area (Å²) in [5, 5.41) is 8.79. The zero-order valence-electron chi connectivity index (χ0n) is 11.3. The van der Waals surface area contributed by atoms with E-state index >= 15 is 0 Å². The van der Waals surface area contributed by atoms with Crippen LogP contribution in [0.2, 0.25) is 0 Å². The van der Waals surface area contributed by atoms with Gasteiger partial charge in [-0.25, -0.2) is 0 Å². The van der Waals surface area contributed by atoms with Crippen LogP contribution in [-0.2, 0) is 16.1 Å². The van der Waals surface area contributed by atoms with Gasteiger partial charge >= 0.3 is 5.97 Å². The molecule has 0 bridgehead atoms. The number of carbonyl (C=O) groups excluding carboxylic acids is 1. The zero-order valence-corrected chi connectivity index (χ0v) is 11.3. The lowest BCUT2D eigenvalue weighted by atomic mass is 10.2. The molecule has 0 saturated heterocycles. The maximum atomic E-state index is 11.9. The van der Waals surface area contributed by atoms with Gasteiger partial charge in [-0.2, -0.15) is 5.26 Å². The monoisotopic (exact) mass is 262 g/mol. The number of unbranched alkanes of at least 4 members (excludes halogenated alkanes) is 2. The summed E-state index contributed by atoms with van der Waals surface area (Å²) in [7, 11) is 0. The Labute approximate surface area is 112 Å².